The molecule has 6 rings (SSSR count). The van der Waals surface area contributed by atoms with Gasteiger partial charge in [0.05, 0.1) is 11.6 Å². The summed E-state index contributed by atoms with van der Waals surface area (Å²) >= 11 is 0. The summed E-state index contributed by atoms with van der Waals surface area (Å²) in [5.41, 5.74) is 3.60. The highest BCUT2D eigenvalue weighted by molar-refractivity contribution is 7.87. The summed E-state index contributed by atoms with van der Waals surface area (Å²) in [5.74, 6) is 2.81. The van der Waals surface area contributed by atoms with Crippen LogP contribution in [-0.4, -0.2) is 47.4 Å². The first-order valence-electron chi connectivity index (χ1n) is 12.2. The summed E-state index contributed by atoms with van der Waals surface area (Å²) in [6, 6.07) is 16.4. The van der Waals surface area contributed by atoms with E-state index in [9.17, 15) is 0 Å². The number of hydrogen-bond acceptors (Lipinski definition) is 6. The van der Waals surface area contributed by atoms with E-state index in [0.717, 1.165) is 54.6 Å². The summed E-state index contributed by atoms with van der Waals surface area (Å²) in [5, 5.41) is 8.35. The Morgan fingerprint density at radius 1 is 1.15 bits per heavy atom. The lowest BCUT2D eigenvalue weighted by molar-refractivity contribution is 0.632. The lowest BCUT2D eigenvalue weighted by atomic mass is 10.1. The van der Waals surface area contributed by atoms with E-state index in [1.54, 1.807) is 0 Å². The Hall–Kier alpha value is -2.51. The molecule has 172 valence electrons. The SMILES string of the molecule is Cc1ccc2nc(N3CCS(=NC4CC4)c4ccccc4C3)nc(NCC3CCCN3)c2c1. The molecule has 1 aromatic heterocycles. The minimum Gasteiger partial charge on any atom is -0.368 e. The van der Waals surface area contributed by atoms with Crippen molar-refractivity contribution in [1.29, 1.82) is 0 Å². The van der Waals surface area contributed by atoms with Gasteiger partial charge in [-0.15, -0.1) is 0 Å². The Morgan fingerprint density at radius 2 is 2.06 bits per heavy atom. The maximum Gasteiger partial charge on any atom is 0.228 e. The van der Waals surface area contributed by atoms with Crippen LogP contribution in [0.2, 0.25) is 0 Å². The standard InChI is InChI=1S/C26H32N6S/c1-18-8-11-23-22(15-18)25(28-16-21-6-4-12-27-21)30-26(29-23)32-13-14-33(31-20-9-10-20)24-7-3-2-5-19(24)17-32/h2-3,5,7-8,11,15,20-21,27H,4,6,9-10,12-14,16-17H2,1H3,(H,28,29,30). The summed E-state index contributed by atoms with van der Waals surface area (Å²) in [4.78, 5) is 13.9. The molecule has 3 heterocycles. The van der Waals surface area contributed by atoms with E-state index in [1.807, 2.05) is 0 Å². The topological polar surface area (TPSA) is 65.4 Å². The number of nitrogens with one attached hydrogen (secondary N) is 2. The molecule has 1 saturated heterocycles. The van der Waals surface area contributed by atoms with Gasteiger partial charge in [0.15, 0.2) is 0 Å². The van der Waals surface area contributed by atoms with Crippen LogP contribution in [0.3, 0.4) is 0 Å². The predicted molar refractivity (Wildman–Crippen MR) is 137 cm³/mol. The zero-order chi connectivity index (χ0) is 22.2. The predicted octanol–water partition coefficient (Wildman–Crippen LogP) is 4.45. The van der Waals surface area contributed by atoms with Gasteiger partial charge in [-0.2, -0.15) is 4.98 Å². The highest BCUT2D eigenvalue weighted by Gasteiger charge is 2.25. The highest BCUT2D eigenvalue weighted by atomic mass is 32.2. The van der Waals surface area contributed by atoms with Crippen molar-refractivity contribution in [3.8, 4) is 0 Å². The van der Waals surface area contributed by atoms with Gasteiger partial charge >= 0.3 is 0 Å². The molecule has 1 aliphatic carbocycles. The quantitative estimate of drug-likeness (QED) is 0.589. The summed E-state index contributed by atoms with van der Waals surface area (Å²) < 4.78 is 5.17. The monoisotopic (exact) mass is 460 g/mol. The van der Waals surface area contributed by atoms with Crippen LogP contribution in [0.1, 0.15) is 36.8 Å². The largest absolute Gasteiger partial charge is 0.368 e. The fraction of sp³-hybridized carbons (Fsp3) is 0.462. The third-order valence-corrected chi connectivity index (χ3v) is 8.79. The molecule has 2 aromatic carbocycles. The number of fused-ring (bicyclic) bond motifs is 2. The van der Waals surface area contributed by atoms with Crippen molar-refractivity contribution < 1.29 is 0 Å². The van der Waals surface area contributed by atoms with Gasteiger partial charge in [0, 0.05) is 41.7 Å². The van der Waals surface area contributed by atoms with E-state index in [2.05, 4.69) is 64.9 Å². The fourth-order valence-electron chi connectivity index (χ4n) is 4.75. The normalized spacial score (nSPS) is 23.0. The van der Waals surface area contributed by atoms with Crippen molar-refractivity contribution in [2.75, 3.05) is 35.6 Å². The van der Waals surface area contributed by atoms with E-state index >= 15 is 0 Å². The van der Waals surface area contributed by atoms with E-state index in [-0.39, 0.29) is 10.7 Å². The van der Waals surface area contributed by atoms with Crippen LogP contribution in [0.15, 0.2) is 51.7 Å². The number of nitrogens with zero attached hydrogens (tertiary/aromatic N) is 4. The van der Waals surface area contributed by atoms with Gasteiger partial charge < -0.3 is 15.5 Å². The van der Waals surface area contributed by atoms with Gasteiger partial charge in [0.2, 0.25) is 5.95 Å². The number of hydrogen-bond donors (Lipinski definition) is 2. The second kappa shape index (κ2) is 9.03. The van der Waals surface area contributed by atoms with E-state index in [4.69, 9.17) is 14.3 Å². The number of aryl methyl sites for hydroxylation is 1. The second-order valence-electron chi connectivity index (χ2n) is 9.50. The Morgan fingerprint density at radius 3 is 2.91 bits per heavy atom. The lowest BCUT2D eigenvalue weighted by Crippen LogP contribution is -2.30. The van der Waals surface area contributed by atoms with Crippen molar-refractivity contribution in [2.24, 2.45) is 4.36 Å². The molecule has 0 amide bonds. The van der Waals surface area contributed by atoms with Gasteiger partial charge in [-0.1, -0.05) is 40.5 Å². The summed E-state index contributed by atoms with van der Waals surface area (Å²) in [7, 11) is -0.0359. The smallest absolute Gasteiger partial charge is 0.228 e. The summed E-state index contributed by atoms with van der Waals surface area (Å²) in [6.07, 6.45) is 4.99. The van der Waals surface area contributed by atoms with Crippen molar-refractivity contribution in [1.82, 2.24) is 15.3 Å². The van der Waals surface area contributed by atoms with E-state index < -0.39 is 0 Å². The van der Waals surface area contributed by atoms with Gasteiger partial charge in [0.25, 0.3) is 0 Å². The number of aromatic nitrogens is 2. The Balaban J connectivity index is 1.35. The van der Waals surface area contributed by atoms with Crippen LogP contribution in [0.5, 0.6) is 0 Å². The fourth-order valence-corrected chi connectivity index (χ4v) is 6.83. The second-order valence-corrected chi connectivity index (χ2v) is 11.3. The van der Waals surface area contributed by atoms with Crippen LogP contribution in [0.4, 0.5) is 11.8 Å². The zero-order valence-electron chi connectivity index (χ0n) is 19.3. The average Bonchev–Trinajstić information content (AvgIpc) is 3.54. The van der Waals surface area contributed by atoms with Crippen molar-refractivity contribution in [3.05, 3.63) is 53.6 Å². The van der Waals surface area contributed by atoms with Crippen LogP contribution >= 0.6 is 0 Å². The Kier molecular flexibility index (Phi) is 5.76. The third kappa shape index (κ3) is 4.62. The molecule has 0 bridgehead atoms. The van der Waals surface area contributed by atoms with E-state index in [0.29, 0.717) is 12.1 Å². The number of rotatable bonds is 5. The zero-order valence-corrected chi connectivity index (χ0v) is 20.1. The molecule has 3 aliphatic rings. The first kappa shape index (κ1) is 21.1. The molecular formula is C26H32N6S. The lowest BCUT2D eigenvalue weighted by Gasteiger charge is -2.22. The first-order valence-corrected chi connectivity index (χ1v) is 13.6. The van der Waals surface area contributed by atoms with Crippen LogP contribution < -0.4 is 15.5 Å². The van der Waals surface area contributed by atoms with Crippen LogP contribution in [-0.2, 0) is 17.2 Å². The molecule has 7 heteroatoms. The average molecular weight is 461 g/mol. The molecule has 33 heavy (non-hydrogen) atoms. The highest BCUT2D eigenvalue weighted by Crippen LogP contribution is 2.31. The molecule has 0 radical (unpaired) electrons. The maximum atomic E-state index is 5.17. The molecule has 3 aromatic rings. The number of anilines is 2. The van der Waals surface area contributed by atoms with Crippen molar-refractivity contribution >= 4 is 33.4 Å². The molecule has 2 atom stereocenters. The molecule has 2 fully saturated rings. The van der Waals surface area contributed by atoms with Crippen LogP contribution in [0.25, 0.3) is 10.9 Å². The Labute approximate surface area is 198 Å². The minimum atomic E-state index is -0.0359. The molecule has 2 unspecified atom stereocenters. The molecular weight excluding hydrogens is 428 g/mol. The third-order valence-electron chi connectivity index (χ3n) is 6.77. The molecule has 6 nitrogen and oxygen atoms in total. The van der Waals surface area contributed by atoms with Gasteiger partial charge in [-0.3, -0.25) is 4.36 Å². The molecule has 1 saturated carbocycles. The summed E-state index contributed by atoms with van der Waals surface area (Å²) in [6.45, 7) is 5.90. The Bertz CT molecular complexity index is 1200. The van der Waals surface area contributed by atoms with Crippen LogP contribution in [0, 0.1) is 6.92 Å². The minimum absolute atomic E-state index is 0.0359. The maximum absolute atomic E-state index is 5.17. The molecule has 2 aliphatic heterocycles. The van der Waals surface area contributed by atoms with Crippen molar-refractivity contribution in [3.63, 3.8) is 0 Å². The first-order chi connectivity index (χ1) is 16.2. The molecule has 2 N–H and O–H groups in total. The van der Waals surface area contributed by atoms with Crippen molar-refractivity contribution in [2.45, 2.75) is 56.1 Å². The number of benzene rings is 2. The van der Waals surface area contributed by atoms with Gasteiger partial charge in [0.1, 0.15) is 5.82 Å². The molecule has 0 spiro atoms. The van der Waals surface area contributed by atoms with E-state index in [1.165, 1.54) is 41.7 Å². The van der Waals surface area contributed by atoms with Gasteiger partial charge in [-0.25, -0.2) is 4.98 Å². The van der Waals surface area contributed by atoms with Gasteiger partial charge in [-0.05, 0) is 62.9 Å².